The monoisotopic (exact) mass is 609 g/mol. The van der Waals surface area contributed by atoms with E-state index in [1.807, 2.05) is 29.2 Å². The number of aliphatic carboxylic acids is 1. The van der Waals surface area contributed by atoms with E-state index in [2.05, 4.69) is 16.7 Å². The van der Waals surface area contributed by atoms with Gasteiger partial charge in [0.1, 0.15) is 0 Å². The molecule has 0 aliphatic carbocycles. The summed E-state index contributed by atoms with van der Waals surface area (Å²) in [5.41, 5.74) is 1.01. The second-order valence-electron chi connectivity index (χ2n) is 10.9. The van der Waals surface area contributed by atoms with Gasteiger partial charge in [-0.25, -0.2) is 0 Å². The van der Waals surface area contributed by atoms with Crippen molar-refractivity contribution in [3.63, 3.8) is 0 Å². The maximum atomic E-state index is 13.3. The molecule has 0 bridgehead atoms. The van der Waals surface area contributed by atoms with Crippen LogP contribution >= 0.6 is 11.8 Å². The number of aliphatic hydroxyl groups excluding tert-OH is 1. The van der Waals surface area contributed by atoms with Crippen LogP contribution in [0.4, 0.5) is 24.5 Å². The second-order valence-corrected chi connectivity index (χ2v) is 12.0. The summed E-state index contributed by atoms with van der Waals surface area (Å²) >= 11 is 1.53. The zero-order chi connectivity index (χ0) is 30.4. The maximum Gasteiger partial charge on any atom is 0.416 e. The third-order valence-corrected chi connectivity index (χ3v) is 8.81. The van der Waals surface area contributed by atoms with Gasteiger partial charge in [-0.2, -0.15) is 13.2 Å². The minimum atomic E-state index is -4.35. The van der Waals surface area contributed by atoms with Crippen molar-refractivity contribution in [3.8, 4) is 0 Å². The average molecular weight is 610 g/mol. The molecule has 2 aromatic carbocycles. The van der Waals surface area contributed by atoms with E-state index in [-0.39, 0.29) is 6.61 Å². The minimum absolute atomic E-state index is 0.186. The predicted molar refractivity (Wildman–Crippen MR) is 164 cm³/mol. The van der Waals surface area contributed by atoms with E-state index in [0.29, 0.717) is 25.2 Å². The van der Waals surface area contributed by atoms with E-state index < -0.39 is 17.7 Å². The van der Waals surface area contributed by atoms with Crippen LogP contribution in [-0.4, -0.2) is 78.4 Å². The van der Waals surface area contributed by atoms with E-state index in [4.69, 9.17) is 10.2 Å². The van der Waals surface area contributed by atoms with Gasteiger partial charge in [0.25, 0.3) is 0 Å². The van der Waals surface area contributed by atoms with Gasteiger partial charge in [0.2, 0.25) is 0 Å². The van der Waals surface area contributed by atoms with Gasteiger partial charge >= 0.3 is 12.1 Å². The number of carbonyl (C=O) groups is 1. The summed E-state index contributed by atoms with van der Waals surface area (Å²) in [6, 6.07) is 11.9. The number of halogens is 3. The number of hydrogen-bond acceptors (Lipinski definition) is 6. The van der Waals surface area contributed by atoms with Crippen molar-refractivity contribution in [1.82, 2.24) is 9.80 Å². The number of β-amino-alcohol motifs (C(OH)–C–C–N with tert-alkyl or cyclic N) is 1. The number of rotatable bonds is 14. The molecule has 0 atom stereocenters. The van der Waals surface area contributed by atoms with E-state index in [1.54, 1.807) is 6.07 Å². The second kappa shape index (κ2) is 17.8. The fourth-order valence-electron chi connectivity index (χ4n) is 5.31. The van der Waals surface area contributed by atoms with Crippen molar-refractivity contribution >= 4 is 29.1 Å². The molecule has 234 valence electrons. The lowest BCUT2D eigenvalue weighted by molar-refractivity contribution is -0.138. The molecule has 0 radical (unpaired) electrons. The smallest absolute Gasteiger partial charge is 0.416 e. The van der Waals surface area contributed by atoms with Crippen LogP contribution in [0.1, 0.15) is 70.3 Å². The molecule has 2 heterocycles. The van der Waals surface area contributed by atoms with E-state index >= 15 is 0 Å². The van der Waals surface area contributed by atoms with Crippen LogP contribution in [-0.2, 0) is 11.0 Å². The largest absolute Gasteiger partial charge is 0.481 e. The first-order chi connectivity index (χ1) is 20.2. The summed E-state index contributed by atoms with van der Waals surface area (Å²) in [5, 5.41) is 17.4. The van der Waals surface area contributed by atoms with Gasteiger partial charge in [0, 0.05) is 55.5 Å². The Labute approximate surface area is 252 Å². The first kappa shape index (κ1) is 34.2. The standard InChI is InChI=1S/C22H26F3N3OS.C10H20O2/c23-22(24,25)17-6-7-21-19(16-17)28(18-4-1-2-5-20(18)30-21)9-3-8-26-10-12-27(13-11-26)14-15-29;1-2-3-4-5-6-7-8-9-10(11)12/h1-2,4-7,16,29H,3,8-15H2;2-9H2,1H3,(H,11,12). The van der Waals surface area contributed by atoms with Crippen molar-refractivity contribution in [2.75, 3.05) is 57.3 Å². The summed E-state index contributed by atoms with van der Waals surface area (Å²) in [6.07, 6.45) is 5.16. The molecule has 1 fully saturated rings. The number of nitrogens with zero attached hydrogens (tertiary/aromatic N) is 3. The van der Waals surface area contributed by atoms with Gasteiger partial charge < -0.3 is 20.0 Å². The van der Waals surface area contributed by atoms with Crippen molar-refractivity contribution in [2.24, 2.45) is 0 Å². The van der Waals surface area contributed by atoms with Crippen LogP contribution in [0.3, 0.4) is 0 Å². The zero-order valence-corrected chi connectivity index (χ0v) is 25.6. The number of alkyl halides is 3. The Morgan fingerprint density at radius 2 is 1.43 bits per heavy atom. The molecule has 1 saturated heterocycles. The Morgan fingerprint density at radius 1 is 0.810 bits per heavy atom. The third-order valence-electron chi connectivity index (χ3n) is 7.68. The number of unbranched alkanes of at least 4 members (excludes halogenated alkanes) is 6. The summed E-state index contributed by atoms with van der Waals surface area (Å²) in [6.45, 7) is 8.49. The van der Waals surface area contributed by atoms with Crippen LogP contribution in [0.25, 0.3) is 0 Å². The minimum Gasteiger partial charge on any atom is -0.481 e. The maximum absolute atomic E-state index is 13.3. The van der Waals surface area contributed by atoms with E-state index in [9.17, 15) is 18.0 Å². The summed E-state index contributed by atoms with van der Waals surface area (Å²) < 4.78 is 39.9. The number of carboxylic acids is 1. The Bertz CT molecular complexity index is 1090. The molecule has 0 unspecified atom stereocenters. The third kappa shape index (κ3) is 11.1. The van der Waals surface area contributed by atoms with Gasteiger partial charge in [-0.05, 0) is 49.7 Å². The molecule has 6 nitrogen and oxygen atoms in total. The number of carboxylic acid groups (broad SMARTS) is 1. The molecular weight excluding hydrogens is 563 g/mol. The normalized spacial score (nSPS) is 15.5. The van der Waals surface area contributed by atoms with Crippen LogP contribution < -0.4 is 4.90 Å². The van der Waals surface area contributed by atoms with E-state index in [0.717, 1.165) is 67.5 Å². The van der Waals surface area contributed by atoms with Crippen molar-refractivity contribution in [1.29, 1.82) is 0 Å². The molecule has 2 aromatic rings. The topological polar surface area (TPSA) is 67.2 Å². The Hall–Kier alpha value is -2.27. The number of benzene rings is 2. The highest BCUT2D eigenvalue weighted by molar-refractivity contribution is 7.99. The summed E-state index contributed by atoms with van der Waals surface area (Å²) in [4.78, 5) is 18.8. The van der Waals surface area contributed by atoms with Crippen LogP contribution in [0, 0.1) is 0 Å². The molecule has 42 heavy (non-hydrogen) atoms. The lowest BCUT2D eigenvalue weighted by Crippen LogP contribution is -2.47. The average Bonchev–Trinajstić information content (AvgIpc) is 2.97. The Balaban J connectivity index is 0.000000343. The molecular formula is C32H46F3N3O3S. The number of para-hydroxylation sites is 1. The number of anilines is 2. The number of aliphatic hydroxyl groups is 1. The van der Waals surface area contributed by atoms with Gasteiger partial charge in [0.05, 0.1) is 23.5 Å². The van der Waals surface area contributed by atoms with Crippen molar-refractivity contribution < 1.29 is 28.2 Å². The lowest BCUT2D eigenvalue weighted by Gasteiger charge is -2.36. The first-order valence-corrected chi connectivity index (χ1v) is 16.1. The highest BCUT2D eigenvalue weighted by atomic mass is 32.2. The quantitative estimate of drug-likeness (QED) is 0.215. The van der Waals surface area contributed by atoms with Gasteiger partial charge in [0.15, 0.2) is 0 Å². The fourth-order valence-corrected chi connectivity index (χ4v) is 6.39. The highest BCUT2D eigenvalue weighted by Gasteiger charge is 2.33. The first-order valence-electron chi connectivity index (χ1n) is 15.3. The Morgan fingerprint density at radius 3 is 2.07 bits per heavy atom. The SMILES string of the molecule is CCCCCCCCCC(=O)O.OCCN1CCN(CCCN2c3ccccc3Sc3ccc(C(F)(F)F)cc32)CC1. The molecule has 10 heteroatoms. The molecule has 0 aromatic heterocycles. The number of fused-ring (bicyclic) bond motifs is 2. The van der Waals surface area contributed by atoms with Gasteiger partial charge in [-0.3, -0.25) is 9.69 Å². The highest BCUT2D eigenvalue weighted by Crippen LogP contribution is 2.49. The number of piperazine rings is 1. The molecule has 4 rings (SSSR count). The van der Waals surface area contributed by atoms with Crippen LogP contribution in [0.15, 0.2) is 52.3 Å². The van der Waals surface area contributed by atoms with Crippen LogP contribution in [0.5, 0.6) is 0 Å². The molecule has 2 aliphatic heterocycles. The lowest BCUT2D eigenvalue weighted by atomic mass is 10.1. The van der Waals surface area contributed by atoms with Gasteiger partial charge in [-0.1, -0.05) is 69.3 Å². The molecule has 0 amide bonds. The van der Waals surface area contributed by atoms with E-state index in [1.165, 1.54) is 56.0 Å². The van der Waals surface area contributed by atoms with Crippen molar-refractivity contribution in [2.45, 2.75) is 80.7 Å². The Kier molecular flexibility index (Phi) is 14.5. The van der Waals surface area contributed by atoms with Gasteiger partial charge in [-0.15, -0.1) is 0 Å². The molecule has 0 spiro atoms. The molecule has 2 aliphatic rings. The zero-order valence-electron chi connectivity index (χ0n) is 24.7. The predicted octanol–water partition coefficient (Wildman–Crippen LogP) is 7.52. The number of hydrogen-bond donors (Lipinski definition) is 2. The van der Waals surface area contributed by atoms with Crippen LogP contribution in [0.2, 0.25) is 0 Å². The summed E-state index contributed by atoms with van der Waals surface area (Å²) in [7, 11) is 0. The fraction of sp³-hybridized carbons (Fsp3) is 0.594. The van der Waals surface area contributed by atoms with Crippen molar-refractivity contribution in [3.05, 3.63) is 48.0 Å². The summed E-state index contributed by atoms with van der Waals surface area (Å²) in [5.74, 6) is -0.663. The molecule has 2 N–H and O–H groups in total. The molecule has 0 saturated carbocycles.